The van der Waals surface area contributed by atoms with Crippen molar-refractivity contribution < 1.29 is 0 Å². The van der Waals surface area contributed by atoms with E-state index >= 15 is 0 Å². The van der Waals surface area contributed by atoms with Crippen LogP contribution in [0, 0.1) is 0 Å². The maximum absolute atomic E-state index is 3.75. The average molecular weight is 247 g/mol. The summed E-state index contributed by atoms with van der Waals surface area (Å²) >= 11 is 2.05. The molecule has 1 aromatic carbocycles. The first-order chi connectivity index (χ1) is 8.31. The third-order valence-electron chi connectivity index (χ3n) is 4.36. The number of nitrogens with one attached hydrogen (secondary N) is 1. The molecule has 1 N–H and O–H groups in total. The Morgan fingerprint density at radius 3 is 2.53 bits per heavy atom. The van der Waals surface area contributed by atoms with Crippen molar-refractivity contribution in [2.24, 2.45) is 0 Å². The summed E-state index contributed by atoms with van der Waals surface area (Å²) in [5.74, 6) is 0.804. The maximum atomic E-state index is 3.75. The van der Waals surface area contributed by atoms with Gasteiger partial charge in [-0.2, -0.15) is 11.8 Å². The smallest absolute Gasteiger partial charge is 0.0282 e. The van der Waals surface area contributed by atoms with Gasteiger partial charge in [-0.15, -0.1) is 0 Å². The van der Waals surface area contributed by atoms with Gasteiger partial charge in [-0.05, 0) is 43.4 Å². The van der Waals surface area contributed by atoms with Crippen LogP contribution in [0.4, 0.5) is 0 Å². The lowest BCUT2D eigenvalue weighted by molar-refractivity contribution is 0.291. The average Bonchev–Trinajstić information content (AvgIpc) is 3.09. The molecule has 2 aliphatic carbocycles. The number of benzene rings is 1. The minimum absolute atomic E-state index is 0.609. The molecule has 0 heterocycles. The van der Waals surface area contributed by atoms with Crippen molar-refractivity contribution in [1.82, 2.24) is 5.32 Å². The molecule has 2 saturated carbocycles. The Hall–Kier alpha value is -0.470. The first-order valence-electron chi connectivity index (χ1n) is 6.65. The summed E-state index contributed by atoms with van der Waals surface area (Å²) in [5, 5.41) is 3.75. The summed E-state index contributed by atoms with van der Waals surface area (Å²) in [6, 6.07) is 11.7. The van der Waals surface area contributed by atoms with Crippen molar-refractivity contribution in [1.29, 1.82) is 0 Å². The molecule has 0 saturated heterocycles. The van der Waals surface area contributed by atoms with E-state index in [9.17, 15) is 0 Å². The molecule has 0 aliphatic heterocycles. The van der Waals surface area contributed by atoms with Crippen molar-refractivity contribution in [3.05, 3.63) is 35.9 Å². The summed E-state index contributed by atoms with van der Waals surface area (Å²) in [6.45, 7) is 1.22. The Labute approximate surface area is 108 Å². The second-order valence-corrected chi connectivity index (χ2v) is 6.82. The molecule has 0 bridgehead atoms. The van der Waals surface area contributed by atoms with Gasteiger partial charge in [-0.1, -0.05) is 30.3 Å². The van der Waals surface area contributed by atoms with Gasteiger partial charge in [0.1, 0.15) is 0 Å². The molecule has 0 atom stereocenters. The predicted octanol–water partition coefficient (Wildman–Crippen LogP) is 3.42. The van der Waals surface area contributed by atoms with Crippen LogP contribution in [0.5, 0.6) is 0 Å². The Morgan fingerprint density at radius 2 is 1.94 bits per heavy atom. The molecular weight excluding hydrogens is 226 g/mol. The first-order valence-corrected chi connectivity index (χ1v) is 7.87. The van der Waals surface area contributed by atoms with Crippen molar-refractivity contribution >= 4 is 11.8 Å². The normalized spacial score (nSPS) is 29.7. The van der Waals surface area contributed by atoms with E-state index in [-0.39, 0.29) is 0 Å². The Morgan fingerprint density at radius 1 is 1.24 bits per heavy atom. The molecule has 2 heteroatoms. The lowest BCUT2D eigenvalue weighted by Gasteiger charge is -2.37. The molecule has 92 valence electrons. The quantitative estimate of drug-likeness (QED) is 0.855. The first kappa shape index (κ1) is 11.6. The summed E-state index contributed by atoms with van der Waals surface area (Å²) in [6.07, 6.45) is 7.73. The van der Waals surface area contributed by atoms with Crippen LogP contribution >= 0.6 is 11.8 Å². The molecule has 2 fully saturated rings. The number of rotatable bonds is 5. The zero-order valence-electron chi connectivity index (χ0n) is 10.5. The second kappa shape index (κ2) is 4.66. The van der Waals surface area contributed by atoms with Crippen LogP contribution in [-0.2, 0) is 0 Å². The number of hydrogen-bond acceptors (Lipinski definition) is 2. The largest absolute Gasteiger partial charge is 0.313 e. The molecule has 3 rings (SSSR count). The fourth-order valence-corrected chi connectivity index (χ4v) is 3.44. The van der Waals surface area contributed by atoms with Gasteiger partial charge in [0.25, 0.3) is 0 Å². The minimum Gasteiger partial charge on any atom is -0.313 e. The van der Waals surface area contributed by atoms with Crippen LogP contribution in [0.1, 0.15) is 37.2 Å². The number of thioether (sulfide) groups is 1. The highest BCUT2D eigenvalue weighted by molar-refractivity contribution is 8.00. The third kappa shape index (κ3) is 2.53. The Kier molecular flexibility index (Phi) is 3.18. The zero-order valence-corrected chi connectivity index (χ0v) is 11.3. The summed E-state index contributed by atoms with van der Waals surface area (Å²) in [7, 11) is 0. The van der Waals surface area contributed by atoms with Crippen molar-refractivity contribution in [2.75, 3.05) is 12.8 Å². The zero-order chi connectivity index (χ0) is 11.7. The lowest BCUT2D eigenvalue weighted by atomic mass is 9.76. The Balaban J connectivity index is 1.43. The van der Waals surface area contributed by atoms with E-state index in [4.69, 9.17) is 0 Å². The lowest BCUT2D eigenvalue weighted by Crippen LogP contribution is -2.43. The van der Waals surface area contributed by atoms with Gasteiger partial charge in [0.15, 0.2) is 0 Å². The van der Waals surface area contributed by atoms with Crippen LogP contribution in [0.3, 0.4) is 0 Å². The fourth-order valence-electron chi connectivity index (χ4n) is 2.70. The molecule has 2 aliphatic rings. The van der Waals surface area contributed by atoms with Crippen LogP contribution in [0.25, 0.3) is 0 Å². The maximum Gasteiger partial charge on any atom is 0.0282 e. The third-order valence-corrected chi connectivity index (χ3v) is 5.78. The minimum atomic E-state index is 0.609. The molecular formula is C15H21NS. The molecule has 0 spiro atoms. The molecule has 0 aromatic heterocycles. The van der Waals surface area contributed by atoms with Gasteiger partial charge in [-0.3, -0.25) is 0 Å². The van der Waals surface area contributed by atoms with Crippen molar-refractivity contribution in [3.8, 4) is 0 Å². The summed E-state index contributed by atoms with van der Waals surface area (Å²) in [4.78, 5) is 0. The van der Waals surface area contributed by atoms with Crippen LogP contribution < -0.4 is 5.32 Å². The van der Waals surface area contributed by atoms with Gasteiger partial charge in [0.05, 0.1) is 0 Å². The highest BCUT2D eigenvalue weighted by Crippen LogP contribution is 2.47. The van der Waals surface area contributed by atoms with E-state index in [1.165, 1.54) is 37.8 Å². The van der Waals surface area contributed by atoms with Crippen molar-refractivity contribution in [3.63, 3.8) is 0 Å². The SMILES string of the molecule is CSC1(CNC2CC(c3ccccc3)C2)CC1. The predicted molar refractivity (Wildman–Crippen MR) is 75.7 cm³/mol. The van der Waals surface area contributed by atoms with Gasteiger partial charge < -0.3 is 5.32 Å². The number of hydrogen-bond donors (Lipinski definition) is 1. The summed E-state index contributed by atoms with van der Waals surface area (Å²) < 4.78 is 0.609. The molecule has 0 radical (unpaired) electrons. The monoisotopic (exact) mass is 247 g/mol. The molecule has 0 amide bonds. The highest BCUT2D eigenvalue weighted by Gasteiger charge is 2.42. The van der Waals surface area contributed by atoms with Gasteiger partial charge in [0.2, 0.25) is 0 Å². The molecule has 1 nitrogen and oxygen atoms in total. The molecule has 17 heavy (non-hydrogen) atoms. The summed E-state index contributed by atoms with van der Waals surface area (Å²) in [5.41, 5.74) is 1.52. The standard InChI is InChI=1S/C15H21NS/c1-17-15(7-8-15)11-16-14-9-13(10-14)12-5-3-2-4-6-12/h2-6,13-14,16H,7-11H2,1H3. The van der Waals surface area contributed by atoms with Gasteiger partial charge in [0, 0.05) is 17.3 Å². The molecule has 1 aromatic rings. The van der Waals surface area contributed by atoms with E-state index in [1.807, 2.05) is 11.8 Å². The van der Waals surface area contributed by atoms with Crippen LogP contribution in [-0.4, -0.2) is 23.6 Å². The van der Waals surface area contributed by atoms with E-state index in [1.54, 1.807) is 0 Å². The van der Waals surface area contributed by atoms with Crippen molar-refractivity contribution in [2.45, 2.75) is 42.4 Å². The van der Waals surface area contributed by atoms with E-state index in [2.05, 4.69) is 41.9 Å². The highest BCUT2D eigenvalue weighted by atomic mass is 32.2. The fraction of sp³-hybridized carbons (Fsp3) is 0.600. The molecule has 0 unspecified atom stereocenters. The Bertz CT molecular complexity index is 366. The second-order valence-electron chi connectivity index (χ2n) is 5.54. The van der Waals surface area contributed by atoms with Crippen LogP contribution in [0.15, 0.2) is 30.3 Å². The van der Waals surface area contributed by atoms with Gasteiger partial charge in [-0.25, -0.2) is 0 Å². The van der Waals surface area contributed by atoms with E-state index < -0.39 is 0 Å². The van der Waals surface area contributed by atoms with E-state index in [0.717, 1.165) is 12.0 Å². The van der Waals surface area contributed by atoms with Gasteiger partial charge >= 0.3 is 0 Å². The topological polar surface area (TPSA) is 12.0 Å². The van der Waals surface area contributed by atoms with Crippen LogP contribution in [0.2, 0.25) is 0 Å². The van der Waals surface area contributed by atoms with E-state index in [0.29, 0.717) is 4.75 Å².